The maximum Gasteiger partial charge on any atom is 0.187 e. The number of fused-ring (bicyclic) bond motifs is 4. The fourth-order valence-electron chi connectivity index (χ4n) is 4.68. The highest BCUT2D eigenvalue weighted by atomic mass is 16.7. The van der Waals surface area contributed by atoms with Gasteiger partial charge in [-0.2, -0.15) is 0 Å². The van der Waals surface area contributed by atoms with Crippen molar-refractivity contribution < 1.29 is 24.8 Å². The molecule has 1 aliphatic rings. The van der Waals surface area contributed by atoms with Crippen LogP contribution in [0.5, 0.6) is 0 Å². The van der Waals surface area contributed by atoms with Crippen molar-refractivity contribution in [3.05, 3.63) is 53.9 Å². The van der Waals surface area contributed by atoms with Crippen molar-refractivity contribution in [1.82, 2.24) is 9.55 Å². The first-order valence-corrected chi connectivity index (χ1v) is 9.99. The van der Waals surface area contributed by atoms with Crippen molar-refractivity contribution in [3.63, 3.8) is 0 Å². The summed E-state index contributed by atoms with van der Waals surface area (Å²) in [5, 5.41) is 33.9. The van der Waals surface area contributed by atoms with Crippen LogP contribution < -0.4 is 0 Å². The highest BCUT2D eigenvalue weighted by Crippen LogP contribution is 2.39. The van der Waals surface area contributed by atoms with E-state index in [1.807, 2.05) is 24.4 Å². The number of rotatable bonds is 4. The molecule has 0 saturated carbocycles. The van der Waals surface area contributed by atoms with Gasteiger partial charge in [0.15, 0.2) is 6.29 Å². The smallest absolute Gasteiger partial charge is 0.187 e. The van der Waals surface area contributed by atoms with Crippen LogP contribution in [0.2, 0.25) is 0 Å². The molecule has 0 aliphatic carbocycles. The highest BCUT2D eigenvalue weighted by molar-refractivity contribution is 6.16. The van der Waals surface area contributed by atoms with Crippen molar-refractivity contribution in [2.75, 3.05) is 6.61 Å². The van der Waals surface area contributed by atoms with Gasteiger partial charge in [-0.1, -0.05) is 18.2 Å². The number of ether oxygens (including phenoxy) is 2. The molecule has 7 heteroatoms. The van der Waals surface area contributed by atoms with Gasteiger partial charge in [0.2, 0.25) is 0 Å². The lowest BCUT2D eigenvalue weighted by atomic mass is 9.96. The van der Waals surface area contributed by atoms with Crippen LogP contribution in [0.1, 0.15) is 11.1 Å². The largest absolute Gasteiger partial charge is 0.394 e. The van der Waals surface area contributed by atoms with Crippen LogP contribution in [-0.4, -0.2) is 56.1 Å². The summed E-state index contributed by atoms with van der Waals surface area (Å²) in [4.78, 5) is 4.32. The first-order chi connectivity index (χ1) is 14.5. The third-order valence-corrected chi connectivity index (χ3v) is 6.20. The second-order valence-corrected chi connectivity index (χ2v) is 7.84. The molecule has 1 fully saturated rings. The van der Waals surface area contributed by atoms with Crippen LogP contribution in [0.25, 0.3) is 32.6 Å². The Bertz CT molecular complexity index is 1250. The Morgan fingerprint density at radius 3 is 2.67 bits per heavy atom. The molecule has 0 radical (unpaired) electrons. The number of benzene rings is 2. The van der Waals surface area contributed by atoms with Gasteiger partial charge in [-0.25, -0.2) is 0 Å². The van der Waals surface area contributed by atoms with Crippen molar-refractivity contribution in [1.29, 1.82) is 0 Å². The summed E-state index contributed by atoms with van der Waals surface area (Å²) in [6.45, 7) is 1.89. The van der Waals surface area contributed by atoms with Gasteiger partial charge in [0.1, 0.15) is 18.3 Å². The van der Waals surface area contributed by atoms with Gasteiger partial charge >= 0.3 is 0 Å². The molecule has 30 heavy (non-hydrogen) atoms. The van der Waals surface area contributed by atoms with Gasteiger partial charge in [0.25, 0.3) is 0 Å². The zero-order chi connectivity index (χ0) is 21.0. The molecule has 4 aromatic rings. The van der Waals surface area contributed by atoms with Crippen molar-refractivity contribution in [2.45, 2.75) is 38.1 Å². The molecule has 0 spiro atoms. The molecule has 4 atom stereocenters. The minimum absolute atomic E-state index is 0.166. The van der Waals surface area contributed by atoms with E-state index in [0.717, 1.165) is 43.7 Å². The van der Waals surface area contributed by atoms with Crippen molar-refractivity contribution in [3.8, 4) is 0 Å². The molecular weight excluding hydrogens is 384 g/mol. The van der Waals surface area contributed by atoms with Crippen molar-refractivity contribution in [2.24, 2.45) is 7.05 Å². The number of hydrogen-bond donors (Lipinski definition) is 3. The van der Waals surface area contributed by atoms with E-state index in [-0.39, 0.29) is 13.2 Å². The van der Waals surface area contributed by atoms with E-state index in [1.54, 1.807) is 6.20 Å². The average molecular weight is 408 g/mol. The minimum atomic E-state index is -1.22. The summed E-state index contributed by atoms with van der Waals surface area (Å²) in [5.41, 5.74) is 4.36. The Labute approximate surface area is 173 Å². The van der Waals surface area contributed by atoms with E-state index in [2.05, 4.69) is 35.7 Å². The van der Waals surface area contributed by atoms with Gasteiger partial charge in [0.05, 0.1) is 18.7 Å². The Morgan fingerprint density at radius 1 is 1.10 bits per heavy atom. The fourth-order valence-corrected chi connectivity index (χ4v) is 4.68. The molecule has 7 nitrogen and oxygen atoms in total. The molecule has 2 aromatic carbocycles. The fraction of sp³-hybridized carbons (Fsp3) is 0.348. The predicted molar refractivity (Wildman–Crippen MR) is 113 cm³/mol. The molecule has 0 bridgehead atoms. The molecule has 156 valence electrons. The Morgan fingerprint density at radius 2 is 1.90 bits per heavy atom. The zero-order valence-electron chi connectivity index (χ0n) is 16.8. The van der Waals surface area contributed by atoms with Crippen LogP contribution in [0, 0.1) is 6.92 Å². The molecule has 2 aromatic heterocycles. The topological polar surface area (TPSA) is 97.0 Å². The third-order valence-electron chi connectivity index (χ3n) is 6.20. The van der Waals surface area contributed by atoms with Crippen LogP contribution in [0.3, 0.4) is 0 Å². The summed E-state index contributed by atoms with van der Waals surface area (Å²) < 4.78 is 13.6. The lowest BCUT2D eigenvalue weighted by Crippen LogP contribution is -2.34. The predicted octanol–water partition coefficient (Wildman–Crippen LogP) is 2.14. The zero-order valence-corrected chi connectivity index (χ0v) is 16.8. The number of aromatic nitrogens is 2. The van der Waals surface area contributed by atoms with Crippen molar-refractivity contribution >= 4 is 32.6 Å². The maximum atomic E-state index is 10.3. The van der Waals surface area contributed by atoms with Gasteiger partial charge in [-0.05, 0) is 35.6 Å². The molecule has 0 amide bonds. The maximum absolute atomic E-state index is 10.3. The van der Waals surface area contributed by atoms with E-state index in [0.29, 0.717) is 0 Å². The molecule has 1 aliphatic heterocycles. The second kappa shape index (κ2) is 7.30. The monoisotopic (exact) mass is 408 g/mol. The molecule has 1 saturated heterocycles. The lowest BCUT2D eigenvalue weighted by molar-refractivity contribution is -0.175. The van der Waals surface area contributed by atoms with Crippen LogP contribution in [0.4, 0.5) is 0 Å². The second-order valence-electron chi connectivity index (χ2n) is 7.84. The Kier molecular flexibility index (Phi) is 4.72. The van der Waals surface area contributed by atoms with Crippen LogP contribution >= 0.6 is 0 Å². The SMILES string of the molecule is Cc1c2ccncc2c(COC2OC(CO)C(O)C2O)c2c3ccccc3n(C)c12. The molecule has 4 unspecified atom stereocenters. The molecule has 3 heterocycles. The van der Waals surface area contributed by atoms with E-state index >= 15 is 0 Å². The summed E-state index contributed by atoms with van der Waals surface area (Å²) in [6.07, 6.45) is -0.678. The first-order valence-electron chi connectivity index (χ1n) is 9.99. The summed E-state index contributed by atoms with van der Waals surface area (Å²) in [6, 6.07) is 10.2. The summed E-state index contributed by atoms with van der Waals surface area (Å²) in [7, 11) is 2.06. The number of aryl methyl sites for hydroxylation is 2. The summed E-state index contributed by atoms with van der Waals surface area (Å²) >= 11 is 0. The van der Waals surface area contributed by atoms with E-state index < -0.39 is 24.6 Å². The van der Waals surface area contributed by atoms with E-state index in [4.69, 9.17) is 9.47 Å². The van der Waals surface area contributed by atoms with E-state index in [9.17, 15) is 15.3 Å². The third kappa shape index (κ3) is 2.74. The van der Waals surface area contributed by atoms with E-state index in [1.165, 1.54) is 0 Å². The van der Waals surface area contributed by atoms with Gasteiger partial charge in [-0.3, -0.25) is 4.98 Å². The molecular formula is C23H24N2O5. The van der Waals surface area contributed by atoms with Crippen LogP contribution in [-0.2, 0) is 23.1 Å². The minimum Gasteiger partial charge on any atom is -0.394 e. The van der Waals surface area contributed by atoms with Gasteiger partial charge in [0, 0.05) is 41.1 Å². The number of hydrogen-bond acceptors (Lipinski definition) is 6. The Balaban J connectivity index is 1.68. The average Bonchev–Trinajstić information content (AvgIpc) is 3.22. The first kappa shape index (κ1) is 19.4. The molecule has 3 N–H and O–H groups in total. The highest BCUT2D eigenvalue weighted by Gasteiger charge is 2.43. The lowest BCUT2D eigenvalue weighted by Gasteiger charge is -2.18. The number of aliphatic hydroxyl groups is 3. The molecule has 5 rings (SSSR count). The normalized spacial score (nSPS) is 24.4. The van der Waals surface area contributed by atoms with Gasteiger partial charge in [-0.15, -0.1) is 0 Å². The van der Waals surface area contributed by atoms with Gasteiger partial charge < -0.3 is 29.4 Å². The van der Waals surface area contributed by atoms with Crippen LogP contribution in [0.15, 0.2) is 42.7 Å². The standard InChI is InChI=1S/C23H24N2O5/c1-12-13-7-8-24-9-15(13)16(11-29-23-22(28)21(27)18(10-26)30-23)19-14-5-3-4-6-17(14)25(2)20(12)19/h3-9,18,21-23,26-28H,10-11H2,1-2H3. The number of para-hydroxylation sites is 1. The number of aliphatic hydroxyl groups excluding tert-OH is 3. The quantitative estimate of drug-likeness (QED) is 0.479. The Hall–Kier alpha value is -2.55. The number of nitrogens with zero attached hydrogens (tertiary/aromatic N) is 2. The summed E-state index contributed by atoms with van der Waals surface area (Å²) in [5.74, 6) is 0. The number of pyridine rings is 1.